The summed E-state index contributed by atoms with van der Waals surface area (Å²) in [7, 11) is 1.92. The number of aromatic nitrogens is 5. The predicted molar refractivity (Wildman–Crippen MR) is 182 cm³/mol. The van der Waals surface area contributed by atoms with Crippen molar-refractivity contribution in [1.82, 2.24) is 29.4 Å². The van der Waals surface area contributed by atoms with Crippen LogP contribution in [0, 0.1) is 18.6 Å². The Bertz CT molecular complexity index is 2180. The standard InChI is InChI=1S/C38H38F2N6O3/c1-6-34(48)45-18-19(2)46-32(21(45)4)17-31(43-46)38-35(36-29(40)13-23(39)14-33(36)49-25-15-24(47)16-25)27-8-7-9-28(27)37(41-38)22-10-11-26-20(3)44(5)42-30(26)12-22/h6,10-14,17,19,21,24-25,47H,1,7-9,15-16,18H2,2-5H3/t19-,21+,24?,25?/m0/s1. The third-order valence-corrected chi connectivity index (χ3v) is 10.5. The molecule has 0 bridgehead atoms. The third-order valence-electron chi connectivity index (χ3n) is 10.5. The molecule has 4 heterocycles. The van der Waals surface area contributed by atoms with Gasteiger partial charge in [0.15, 0.2) is 0 Å². The molecule has 5 aromatic rings. The quantitative estimate of drug-likeness (QED) is 0.201. The Balaban J connectivity index is 1.38. The molecule has 2 aromatic carbocycles. The van der Waals surface area contributed by atoms with Crippen LogP contribution in [-0.4, -0.2) is 59.2 Å². The highest BCUT2D eigenvalue weighted by Gasteiger charge is 2.36. The lowest BCUT2D eigenvalue weighted by atomic mass is 9.89. The van der Waals surface area contributed by atoms with Crippen molar-refractivity contribution < 1.29 is 23.4 Å². The number of benzene rings is 2. The Hall–Kier alpha value is -4.90. The first kappa shape index (κ1) is 31.4. The van der Waals surface area contributed by atoms with Crippen LogP contribution < -0.4 is 4.74 Å². The number of halogens is 2. The van der Waals surface area contributed by atoms with Crippen molar-refractivity contribution >= 4 is 16.8 Å². The minimum Gasteiger partial charge on any atom is -0.489 e. The van der Waals surface area contributed by atoms with Crippen LogP contribution in [-0.2, 0) is 24.7 Å². The fraction of sp³-hybridized carbons (Fsp3) is 0.368. The maximum Gasteiger partial charge on any atom is 0.246 e. The zero-order valence-electron chi connectivity index (χ0n) is 28.0. The fourth-order valence-corrected chi connectivity index (χ4v) is 7.80. The molecule has 252 valence electrons. The second-order valence-electron chi connectivity index (χ2n) is 13.7. The number of carbonyl (C=O) groups excluding carboxylic acids is 1. The molecule has 2 atom stereocenters. The van der Waals surface area contributed by atoms with Crippen molar-refractivity contribution in [3.8, 4) is 39.5 Å². The molecule has 1 saturated carbocycles. The van der Waals surface area contributed by atoms with Gasteiger partial charge in [-0.15, -0.1) is 0 Å². The number of pyridine rings is 1. The number of nitrogens with zero attached hydrogens (tertiary/aromatic N) is 6. The molecular formula is C38H38F2N6O3. The van der Waals surface area contributed by atoms with Crippen LogP contribution in [0.4, 0.5) is 8.78 Å². The lowest BCUT2D eigenvalue weighted by Crippen LogP contribution is -2.42. The Labute approximate surface area is 282 Å². The van der Waals surface area contributed by atoms with Gasteiger partial charge in [0.05, 0.1) is 46.3 Å². The van der Waals surface area contributed by atoms with E-state index in [1.807, 2.05) is 49.3 Å². The highest BCUT2D eigenvalue weighted by atomic mass is 19.1. The Morgan fingerprint density at radius 2 is 1.82 bits per heavy atom. The summed E-state index contributed by atoms with van der Waals surface area (Å²) in [6.45, 7) is 10.1. The average molecular weight is 665 g/mol. The van der Waals surface area contributed by atoms with E-state index in [4.69, 9.17) is 19.9 Å². The number of hydrogen-bond acceptors (Lipinski definition) is 6. The van der Waals surface area contributed by atoms with Crippen LogP contribution >= 0.6 is 0 Å². The molecule has 2 aliphatic carbocycles. The SMILES string of the molecule is C=CC(=O)N1C[C@H](C)n2nc(-c3nc(-c4ccc5c(C)n(C)nc5c4)c4c(c3-c3c(F)cc(F)cc3OC3CC(O)C3)CCC4)cc2[C@H]1C. The number of carbonyl (C=O) groups is 1. The van der Waals surface area contributed by atoms with Gasteiger partial charge in [-0.2, -0.15) is 10.2 Å². The van der Waals surface area contributed by atoms with Crippen LogP contribution in [0.1, 0.15) is 67.7 Å². The Morgan fingerprint density at radius 3 is 2.57 bits per heavy atom. The monoisotopic (exact) mass is 664 g/mol. The van der Waals surface area contributed by atoms with Crippen molar-refractivity contribution in [1.29, 1.82) is 0 Å². The normalized spacial score (nSPS) is 21.4. The lowest BCUT2D eigenvalue weighted by Gasteiger charge is -2.36. The summed E-state index contributed by atoms with van der Waals surface area (Å²) < 4.78 is 41.1. The molecule has 11 heteroatoms. The molecule has 0 spiro atoms. The molecule has 1 N–H and O–H groups in total. The van der Waals surface area contributed by atoms with E-state index in [0.717, 1.165) is 63.6 Å². The largest absolute Gasteiger partial charge is 0.489 e. The summed E-state index contributed by atoms with van der Waals surface area (Å²) in [6, 6.07) is 9.77. The van der Waals surface area contributed by atoms with Crippen molar-refractivity contribution in [2.75, 3.05) is 6.54 Å². The third kappa shape index (κ3) is 5.05. The van der Waals surface area contributed by atoms with Gasteiger partial charge in [0.2, 0.25) is 5.91 Å². The van der Waals surface area contributed by atoms with E-state index in [-0.39, 0.29) is 35.4 Å². The first-order valence-electron chi connectivity index (χ1n) is 16.9. The van der Waals surface area contributed by atoms with Gasteiger partial charge in [-0.05, 0) is 69.4 Å². The minimum absolute atomic E-state index is 0.0816. The maximum absolute atomic E-state index is 16.3. The van der Waals surface area contributed by atoms with Crippen LogP contribution in [0.15, 0.2) is 49.1 Å². The molecule has 3 aliphatic rings. The summed E-state index contributed by atoms with van der Waals surface area (Å²) in [5.74, 6) is -1.58. The molecule has 8 rings (SSSR count). The Morgan fingerprint density at radius 1 is 1.04 bits per heavy atom. The van der Waals surface area contributed by atoms with Crippen molar-refractivity contribution in [2.24, 2.45) is 7.05 Å². The van der Waals surface area contributed by atoms with Gasteiger partial charge in [-0.3, -0.25) is 14.2 Å². The molecule has 0 unspecified atom stereocenters. The molecule has 0 saturated heterocycles. The number of ether oxygens (including phenoxy) is 1. The van der Waals surface area contributed by atoms with Crippen molar-refractivity contribution in [3.05, 3.63) is 83.2 Å². The summed E-state index contributed by atoms with van der Waals surface area (Å²) in [5.41, 5.74) is 8.00. The highest BCUT2D eigenvalue weighted by molar-refractivity contribution is 5.92. The van der Waals surface area contributed by atoms with Crippen LogP contribution in [0.5, 0.6) is 5.75 Å². The number of aryl methyl sites for hydroxylation is 2. The first-order chi connectivity index (χ1) is 23.5. The topological polar surface area (TPSA) is 98.3 Å². The molecule has 49 heavy (non-hydrogen) atoms. The first-order valence-corrected chi connectivity index (χ1v) is 16.9. The number of aliphatic hydroxyl groups excluding tert-OH is 1. The van der Waals surface area contributed by atoms with Crippen LogP contribution in [0.25, 0.3) is 44.7 Å². The number of amides is 1. The van der Waals surface area contributed by atoms with E-state index in [0.29, 0.717) is 42.8 Å². The molecular weight excluding hydrogens is 626 g/mol. The zero-order chi connectivity index (χ0) is 34.3. The Kier molecular flexibility index (Phi) is 7.44. The van der Waals surface area contributed by atoms with E-state index < -0.39 is 17.7 Å². The second-order valence-corrected chi connectivity index (χ2v) is 13.7. The van der Waals surface area contributed by atoms with Gasteiger partial charge in [-0.1, -0.05) is 18.7 Å². The van der Waals surface area contributed by atoms with Gasteiger partial charge in [0.1, 0.15) is 29.2 Å². The molecule has 0 radical (unpaired) electrons. The lowest BCUT2D eigenvalue weighted by molar-refractivity contribution is -0.129. The summed E-state index contributed by atoms with van der Waals surface area (Å²) in [4.78, 5) is 19.9. The zero-order valence-corrected chi connectivity index (χ0v) is 28.0. The molecule has 9 nitrogen and oxygen atoms in total. The van der Waals surface area contributed by atoms with Gasteiger partial charge in [-0.25, -0.2) is 13.8 Å². The number of rotatable bonds is 6. The summed E-state index contributed by atoms with van der Waals surface area (Å²) >= 11 is 0. The van der Waals surface area contributed by atoms with Gasteiger partial charge >= 0.3 is 0 Å². The van der Waals surface area contributed by atoms with Gasteiger partial charge in [0, 0.05) is 60.8 Å². The highest BCUT2D eigenvalue weighted by Crippen LogP contribution is 2.48. The molecule has 1 fully saturated rings. The molecule has 1 amide bonds. The van der Waals surface area contributed by atoms with Gasteiger partial charge in [0.25, 0.3) is 0 Å². The van der Waals surface area contributed by atoms with Crippen molar-refractivity contribution in [3.63, 3.8) is 0 Å². The number of hydrogen-bond donors (Lipinski definition) is 1. The average Bonchev–Trinajstić information content (AvgIpc) is 3.79. The van der Waals surface area contributed by atoms with E-state index >= 15 is 4.39 Å². The van der Waals surface area contributed by atoms with E-state index in [2.05, 4.69) is 18.7 Å². The predicted octanol–water partition coefficient (Wildman–Crippen LogP) is 6.79. The van der Waals surface area contributed by atoms with E-state index in [1.165, 1.54) is 12.1 Å². The summed E-state index contributed by atoms with van der Waals surface area (Å²) in [5, 5.41) is 20.8. The fourth-order valence-electron chi connectivity index (χ4n) is 7.80. The van der Waals surface area contributed by atoms with Crippen molar-refractivity contribution in [2.45, 2.75) is 77.2 Å². The minimum atomic E-state index is -0.751. The van der Waals surface area contributed by atoms with Crippen LogP contribution in [0.2, 0.25) is 0 Å². The smallest absolute Gasteiger partial charge is 0.246 e. The van der Waals surface area contributed by atoms with Crippen LogP contribution in [0.3, 0.4) is 0 Å². The second kappa shape index (κ2) is 11.6. The van der Waals surface area contributed by atoms with E-state index in [1.54, 1.807) is 4.90 Å². The number of fused-ring (bicyclic) bond motifs is 3. The number of aliphatic hydroxyl groups is 1. The molecule has 1 aliphatic heterocycles. The maximum atomic E-state index is 16.3. The summed E-state index contributed by atoms with van der Waals surface area (Å²) in [6.07, 6.45) is 3.48. The molecule has 3 aromatic heterocycles. The van der Waals surface area contributed by atoms with E-state index in [9.17, 15) is 14.3 Å². The van der Waals surface area contributed by atoms with Gasteiger partial charge < -0.3 is 14.7 Å².